The predicted octanol–water partition coefficient (Wildman–Crippen LogP) is 6.12. The second kappa shape index (κ2) is 7.94. The molecule has 0 radical (unpaired) electrons. The molecule has 0 amide bonds. The SMILES string of the molecule is CCCc1ccc(-c2ccc(-c3ccc(COC)cc3)cc2)cc1. The Labute approximate surface area is 144 Å². The summed E-state index contributed by atoms with van der Waals surface area (Å²) in [6.45, 7) is 2.88. The zero-order valence-corrected chi connectivity index (χ0v) is 14.5. The first kappa shape index (κ1) is 16.5. The van der Waals surface area contributed by atoms with Crippen molar-refractivity contribution in [3.8, 4) is 22.3 Å². The van der Waals surface area contributed by atoms with Crippen molar-refractivity contribution in [2.24, 2.45) is 0 Å². The van der Waals surface area contributed by atoms with Crippen LogP contribution >= 0.6 is 0 Å². The monoisotopic (exact) mass is 316 g/mol. The van der Waals surface area contributed by atoms with Gasteiger partial charge in [0, 0.05) is 7.11 Å². The van der Waals surface area contributed by atoms with Crippen molar-refractivity contribution >= 4 is 0 Å². The van der Waals surface area contributed by atoms with Gasteiger partial charge in [-0.15, -0.1) is 0 Å². The van der Waals surface area contributed by atoms with Crippen LogP contribution in [0.5, 0.6) is 0 Å². The molecule has 0 N–H and O–H groups in total. The molecule has 1 nitrogen and oxygen atoms in total. The Morgan fingerprint density at radius 2 is 0.958 bits per heavy atom. The summed E-state index contributed by atoms with van der Waals surface area (Å²) in [5, 5.41) is 0. The number of aryl methyl sites for hydroxylation is 1. The van der Waals surface area contributed by atoms with Crippen LogP contribution in [-0.4, -0.2) is 7.11 Å². The molecule has 3 aromatic rings. The fourth-order valence-corrected chi connectivity index (χ4v) is 2.97. The van der Waals surface area contributed by atoms with Crippen LogP contribution in [0.4, 0.5) is 0 Å². The molecule has 0 saturated heterocycles. The molecule has 0 spiro atoms. The molecule has 24 heavy (non-hydrogen) atoms. The summed E-state index contributed by atoms with van der Waals surface area (Å²) >= 11 is 0. The molecule has 0 aromatic heterocycles. The minimum absolute atomic E-state index is 0.660. The van der Waals surface area contributed by atoms with Crippen LogP contribution in [0, 0.1) is 0 Å². The van der Waals surface area contributed by atoms with Gasteiger partial charge in [-0.05, 0) is 39.8 Å². The third-order valence-corrected chi connectivity index (χ3v) is 4.31. The Kier molecular flexibility index (Phi) is 5.45. The summed E-state index contributed by atoms with van der Waals surface area (Å²) in [6, 6.07) is 26.3. The number of methoxy groups -OCH3 is 1. The van der Waals surface area contributed by atoms with E-state index in [0.717, 1.165) is 6.42 Å². The van der Waals surface area contributed by atoms with Crippen molar-refractivity contribution in [3.05, 3.63) is 83.9 Å². The summed E-state index contributed by atoms with van der Waals surface area (Å²) in [4.78, 5) is 0. The summed E-state index contributed by atoms with van der Waals surface area (Å²) < 4.78 is 5.16. The second-order valence-electron chi connectivity index (χ2n) is 6.15. The maximum absolute atomic E-state index is 5.16. The standard InChI is InChI=1S/C23H24O/c1-3-4-18-5-9-20(10-6-18)22-13-15-23(16-14-22)21-11-7-19(8-12-21)17-24-2/h5-16H,3-4,17H2,1-2H3. The molecule has 3 aromatic carbocycles. The third-order valence-electron chi connectivity index (χ3n) is 4.31. The molecule has 122 valence electrons. The lowest BCUT2D eigenvalue weighted by atomic mass is 9.98. The van der Waals surface area contributed by atoms with Crippen LogP contribution in [0.15, 0.2) is 72.8 Å². The molecule has 0 saturated carbocycles. The van der Waals surface area contributed by atoms with Crippen LogP contribution in [0.2, 0.25) is 0 Å². The fraction of sp³-hybridized carbons (Fsp3) is 0.217. The van der Waals surface area contributed by atoms with Crippen LogP contribution in [-0.2, 0) is 17.8 Å². The first-order valence-corrected chi connectivity index (χ1v) is 8.58. The van der Waals surface area contributed by atoms with Gasteiger partial charge in [0.05, 0.1) is 6.61 Å². The van der Waals surface area contributed by atoms with E-state index in [0.29, 0.717) is 6.61 Å². The Balaban J connectivity index is 1.77. The lowest BCUT2D eigenvalue weighted by Crippen LogP contribution is -1.87. The Hall–Kier alpha value is -2.38. The van der Waals surface area contributed by atoms with E-state index < -0.39 is 0 Å². The highest BCUT2D eigenvalue weighted by Crippen LogP contribution is 2.25. The normalized spacial score (nSPS) is 10.8. The van der Waals surface area contributed by atoms with Gasteiger partial charge in [0.25, 0.3) is 0 Å². The predicted molar refractivity (Wildman–Crippen MR) is 102 cm³/mol. The first-order valence-electron chi connectivity index (χ1n) is 8.58. The molecule has 0 fully saturated rings. The van der Waals surface area contributed by atoms with Gasteiger partial charge in [-0.1, -0.05) is 86.1 Å². The summed E-state index contributed by atoms with van der Waals surface area (Å²) in [5.41, 5.74) is 7.62. The van der Waals surface area contributed by atoms with Crippen molar-refractivity contribution in [3.63, 3.8) is 0 Å². The van der Waals surface area contributed by atoms with E-state index in [1.54, 1.807) is 7.11 Å². The van der Waals surface area contributed by atoms with Crippen molar-refractivity contribution in [1.29, 1.82) is 0 Å². The Morgan fingerprint density at radius 1 is 0.583 bits per heavy atom. The molecule has 3 rings (SSSR count). The minimum Gasteiger partial charge on any atom is -0.380 e. The zero-order valence-electron chi connectivity index (χ0n) is 14.5. The molecule has 0 bridgehead atoms. The number of benzene rings is 3. The molecular weight excluding hydrogens is 292 g/mol. The lowest BCUT2D eigenvalue weighted by Gasteiger charge is -2.07. The van der Waals surface area contributed by atoms with E-state index in [1.165, 1.54) is 39.8 Å². The third kappa shape index (κ3) is 3.93. The van der Waals surface area contributed by atoms with Crippen LogP contribution in [0.3, 0.4) is 0 Å². The maximum atomic E-state index is 5.16. The van der Waals surface area contributed by atoms with Gasteiger partial charge in [-0.3, -0.25) is 0 Å². The van der Waals surface area contributed by atoms with Gasteiger partial charge in [-0.2, -0.15) is 0 Å². The van der Waals surface area contributed by atoms with Gasteiger partial charge >= 0.3 is 0 Å². The second-order valence-corrected chi connectivity index (χ2v) is 6.15. The maximum Gasteiger partial charge on any atom is 0.0713 e. The molecular formula is C23H24O. The van der Waals surface area contributed by atoms with Crippen molar-refractivity contribution in [2.45, 2.75) is 26.4 Å². The topological polar surface area (TPSA) is 9.23 Å². The van der Waals surface area contributed by atoms with Crippen LogP contribution in [0.1, 0.15) is 24.5 Å². The number of ether oxygens (including phenoxy) is 1. The highest BCUT2D eigenvalue weighted by atomic mass is 16.5. The quantitative estimate of drug-likeness (QED) is 0.532. The Morgan fingerprint density at radius 3 is 1.33 bits per heavy atom. The Bertz CT molecular complexity index is 684. The van der Waals surface area contributed by atoms with Crippen LogP contribution < -0.4 is 0 Å². The summed E-state index contributed by atoms with van der Waals surface area (Å²) in [6.07, 6.45) is 2.34. The van der Waals surface area contributed by atoms with E-state index in [9.17, 15) is 0 Å². The fourth-order valence-electron chi connectivity index (χ4n) is 2.97. The van der Waals surface area contributed by atoms with E-state index in [-0.39, 0.29) is 0 Å². The van der Waals surface area contributed by atoms with E-state index >= 15 is 0 Å². The molecule has 0 aliphatic heterocycles. The minimum atomic E-state index is 0.660. The summed E-state index contributed by atoms with van der Waals surface area (Å²) in [7, 11) is 1.72. The zero-order chi connectivity index (χ0) is 16.8. The first-order chi connectivity index (χ1) is 11.8. The van der Waals surface area contributed by atoms with Gasteiger partial charge in [0.1, 0.15) is 0 Å². The van der Waals surface area contributed by atoms with E-state index in [1.807, 2.05) is 0 Å². The highest BCUT2D eigenvalue weighted by Gasteiger charge is 2.01. The molecule has 0 unspecified atom stereocenters. The van der Waals surface area contributed by atoms with E-state index in [4.69, 9.17) is 4.74 Å². The molecule has 0 aliphatic carbocycles. The van der Waals surface area contributed by atoms with Gasteiger partial charge < -0.3 is 4.74 Å². The molecule has 1 heteroatoms. The smallest absolute Gasteiger partial charge is 0.0713 e. The van der Waals surface area contributed by atoms with Crippen molar-refractivity contribution in [1.82, 2.24) is 0 Å². The largest absolute Gasteiger partial charge is 0.380 e. The molecule has 0 heterocycles. The highest BCUT2D eigenvalue weighted by molar-refractivity contribution is 5.70. The summed E-state index contributed by atoms with van der Waals surface area (Å²) in [5.74, 6) is 0. The lowest BCUT2D eigenvalue weighted by molar-refractivity contribution is 0.185. The number of rotatable bonds is 6. The molecule has 0 atom stereocenters. The van der Waals surface area contributed by atoms with E-state index in [2.05, 4.69) is 79.7 Å². The number of hydrogen-bond acceptors (Lipinski definition) is 1. The van der Waals surface area contributed by atoms with Gasteiger partial charge in [0.15, 0.2) is 0 Å². The average molecular weight is 316 g/mol. The number of hydrogen-bond donors (Lipinski definition) is 0. The van der Waals surface area contributed by atoms with Crippen molar-refractivity contribution < 1.29 is 4.74 Å². The molecule has 0 aliphatic rings. The van der Waals surface area contributed by atoms with Crippen LogP contribution in [0.25, 0.3) is 22.3 Å². The average Bonchev–Trinajstić information content (AvgIpc) is 2.64. The van der Waals surface area contributed by atoms with Gasteiger partial charge in [-0.25, -0.2) is 0 Å². The van der Waals surface area contributed by atoms with Gasteiger partial charge in [0.2, 0.25) is 0 Å². The van der Waals surface area contributed by atoms with Crippen molar-refractivity contribution in [2.75, 3.05) is 7.11 Å².